The standard InChI is InChI=1S/C12H15N3O2S2/c1-8-3-4-10(6-13)5-11(8)19(16,17)15-12-14-9(2)7-18-12/h3-5,7H,6,13H2,1-2H3,(H,14,15). The van der Waals surface area contributed by atoms with Crippen LogP contribution in [0.2, 0.25) is 0 Å². The van der Waals surface area contributed by atoms with Crippen molar-refractivity contribution in [2.24, 2.45) is 5.73 Å². The summed E-state index contributed by atoms with van der Waals surface area (Å²) in [5, 5.41) is 2.16. The van der Waals surface area contributed by atoms with Crippen LogP contribution in [0.15, 0.2) is 28.5 Å². The minimum atomic E-state index is -3.62. The second kappa shape index (κ2) is 5.28. The predicted octanol–water partition coefficient (Wildman–Crippen LogP) is 2.02. The Morgan fingerprint density at radius 2 is 2.11 bits per heavy atom. The molecule has 0 radical (unpaired) electrons. The zero-order valence-corrected chi connectivity index (χ0v) is 12.3. The first-order valence-electron chi connectivity index (χ1n) is 5.67. The average Bonchev–Trinajstić information content (AvgIpc) is 2.74. The van der Waals surface area contributed by atoms with E-state index in [0.717, 1.165) is 11.3 Å². The summed E-state index contributed by atoms with van der Waals surface area (Å²) in [7, 11) is -3.62. The third-order valence-corrected chi connectivity index (χ3v) is 5.10. The van der Waals surface area contributed by atoms with Crippen LogP contribution in [0, 0.1) is 13.8 Å². The van der Waals surface area contributed by atoms with Crippen molar-refractivity contribution in [3.8, 4) is 0 Å². The Labute approximate surface area is 116 Å². The van der Waals surface area contributed by atoms with Gasteiger partial charge in [-0.25, -0.2) is 13.4 Å². The predicted molar refractivity (Wildman–Crippen MR) is 76.7 cm³/mol. The number of rotatable bonds is 4. The maximum absolute atomic E-state index is 12.3. The van der Waals surface area contributed by atoms with Crippen molar-refractivity contribution in [2.45, 2.75) is 25.3 Å². The van der Waals surface area contributed by atoms with Crippen LogP contribution in [0.1, 0.15) is 16.8 Å². The molecule has 2 aromatic rings. The molecule has 19 heavy (non-hydrogen) atoms. The maximum Gasteiger partial charge on any atom is 0.263 e. The molecule has 1 heterocycles. The number of nitrogens with zero attached hydrogens (tertiary/aromatic N) is 1. The molecule has 0 saturated carbocycles. The molecule has 0 aliphatic carbocycles. The lowest BCUT2D eigenvalue weighted by Gasteiger charge is -2.09. The first kappa shape index (κ1) is 14.0. The van der Waals surface area contributed by atoms with Gasteiger partial charge in [0.2, 0.25) is 0 Å². The largest absolute Gasteiger partial charge is 0.326 e. The Hall–Kier alpha value is -1.44. The van der Waals surface area contributed by atoms with Gasteiger partial charge in [0.15, 0.2) is 5.13 Å². The van der Waals surface area contributed by atoms with Crippen LogP contribution in [-0.2, 0) is 16.6 Å². The number of aromatic nitrogens is 1. The van der Waals surface area contributed by atoms with Crippen molar-refractivity contribution in [3.63, 3.8) is 0 Å². The Morgan fingerprint density at radius 1 is 1.37 bits per heavy atom. The van der Waals surface area contributed by atoms with E-state index < -0.39 is 10.0 Å². The molecule has 0 fully saturated rings. The summed E-state index contributed by atoms with van der Waals surface area (Å²) in [5.74, 6) is 0. The van der Waals surface area contributed by atoms with Gasteiger partial charge in [-0.1, -0.05) is 12.1 Å². The van der Waals surface area contributed by atoms with Gasteiger partial charge >= 0.3 is 0 Å². The number of hydrogen-bond donors (Lipinski definition) is 2. The molecule has 0 atom stereocenters. The van der Waals surface area contributed by atoms with Crippen LogP contribution >= 0.6 is 11.3 Å². The monoisotopic (exact) mass is 297 g/mol. The molecule has 0 amide bonds. The number of nitrogens with one attached hydrogen (secondary N) is 1. The lowest BCUT2D eigenvalue weighted by molar-refractivity contribution is 0.600. The van der Waals surface area contributed by atoms with Crippen LogP contribution in [0.3, 0.4) is 0 Å². The normalized spacial score (nSPS) is 11.5. The topological polar surface area (TPSA) is 85.1 Å². The summed E-state index contributed by atoms with van der Waals surface area (Å²) in [6.07, 6.45) is 0. The molecule has 102 valence electrons. The third kappa shape index (κ3) is 3.12. The van der Waals surface area contributed by atoms with Crippen molar-refractivity contribution in [2.75, 3.05) is 4.72 Å². The molecule has 0 spiro atoms. The molecule has 3 N–H and O–H groups in total. The third-order valence-electron chi connectivity index (χ3n) is 2.62. The average molecular weight is 297 g/mol. The van der Waals surface area contributed by atoms with Gasteiger partial charge in [0.1, 0.15) is 0 Å². The van der Waals surface area contributed by atoms with E-state index in [1.807, 2.05) is 13.0 Å². The van der Waals surface area contributed by atoms with E-state index in [1.54, 1.807) is 24.4 Å². The van der Waals surface area contributed by atoms with Gasteiger partial charge in [0.25, 0.3) is 10.0 Å². The van der Waals surface area contributed by atoms with Crippen LogP contribution in [0.25, 0.3) is 0 Å². The van der Waals surface area contributed by atoms with Gasteiger partial charge in [0.05, 0.1) is 10.6 Å². The highest BCUT2D eigenvalue weighted by molar-refractivity contribution is 7.93. The molecule has 5 nitrogen and oxygen atoms in total. The lowest BCUT2D eigenvalue weighted by atomic mass is 10.1. The first-order chi connectivity index (χ1) is 8.92. The first-order valence-corrected chi connectivity index (χ1v) is 8.03. The molecule has 0 unspecified atom stereocenters. The molecule has 0 aliphatic heterocycles. The molecule has 0 saturated heterocycles. The highest BCUT2D eigenvalue weighted by Gasteiger charge is 2.18. The van der Waals surface area contributed by atoms with Crippen molar-refractivity contribution >= 4 is 26.5 Å². The van der Waals surface area contributed by atoms with Crippen LogP contribution in [0.4, 0.5) is 5.13 Å². The number of nitrogens with two attached hydrogens (primary N) is 1. The van der Waals surface area contributed by atoms with E-state index in [0.29, 0.717) is 17.2 Å². The van der Waals surface area contributed by atoms with Gasteiger partial charge in [-0.3, -0.25) is 4.72 Å². The molecule has 2 rings (SSSR count). The lowest BCUT2D eigenvalue weighted by Crippen LogP contribution is -2.15. The second-order valence-electron chi connectivity index (χ2n) is 4.20. The van der Waals surface area contributed by atoms with Gasteiger partial charge in [0, 0.05) is 11.9 Å². The Bertz CT molecular complexity index is 693. The van der Waals surface area contributed by atoms with E-state index in [4.69, 9.17) is 5.73 Å². The van der Waals surface area contributed by atoms with Gasteiger partial charge in [-0.05, 0) is 31.0 Å². The number of anilines is 1. The fraction of sp³-hybridized carbons (Fsp3) is 0.250. The summed E-state index contributed by atoms with van der Waals surface area (Å²) < 4.78 is 27.1. The van der Waals surface area contributed by atoms with Gasteiger partial charge in [-0.15, -0.1) is 11.3 Å². The van der Waals surface area contributed by atoms with E-state index in [1.165, 1.54) is 11.3 Å². The molecule has 7 heteroatoms. The van der Waals surface area contributed by atoms with E-state index in [2.05, 4.69) is 9.71 Å². The zero-order valence-electron chi connectivity index (χ0n) is 10.7. The summed E-state index contributed by atoms with van der Waals surface area (Å²) in [6.45, 7) is 3.87. The molecular formula is C12H15N3O2S2. The Kier molecular flexibility index (Phi) is 3.88. The van der Waals surface area contributed by atoms with Gasteiger partial charge in [-0.2, -0.15) is 0 Å². The second-order valence-corrected chi connectivity index (χ2v) is 6.71. The number of hydrogen-bond acceptors (Lipinski definition) is 5. The zero-order chi connectivity index (χ0) is 14.0. The molecule has 0 bridgehead atoms. The van der Waals surface area contributed by atoms with Crippen LogP contribution in [0.5, 0.6) is 0 Å². The summed E-state index contributed by atoms with van der Waals surface area (Å²) in [4.78, 5) is 4.34. The highest BCUT2D eigenvalue weighted by Crippen LogP contribution is 2.22. The van der Waals surface area contributed by atoms with E-state index in [9.17, 15) is 8.42 Å². The van der Waals surface area contributed by atoms with E-state index in [-0.39, 0.29) is 4.90 Å². The highest BCUT2D eigenvalue weighted by atomic mass is 32.2. The van der Waals surface area contributed by atoms with Crippen molar-refractivity contribution < 1.29 is 8.42 Å². The van der Waals surface area contributed by atoms with Gasteiger partial charge < -0.3 is 5.73 Å². The molecular weight excluding hydrogens is 282 g/mol. The number of sulfonamides is 1. The summed E-state index contributed by atoms with van der Waals surface area (Å²) in [5.41, 5.74) is 7.79. The smallest absolute Gasteiger partial charge is 0.263 e. The SMILES string of the molecule is Cc1csc(NS(=O)(=O)c2cc(CN)ccc2C)n1. The van der Waals surface area contributed by atoms with Crippen LogP contribution in [-0.4, -0.2) is 13.4 Å². The van der Waals surface area contributed by atoms with Crippen molar-refractivity contribution in [1.29, 1.82) is 0 Å². The summed E-state index contributed by atoms with van der Waals surface area (Å²) >= 11 is 1.26. The number of thiazole rings is 1. The minimum Gasteiger partial charge on any atom is -0.326 e. The Balaban J connectivity index is 2.39. The number of aryl methyl sites for hydroxylation is 2. The van der Waals surface area contributed by atoms with E-state index >= 15 is 0 Å². The van der Waals surface area contributed by atoms with Crippen LogP contribution < -0.4 is 10.5 Å². The Morgan fingerprint density at radius 3 is 2.68 bits per heavy atom. The molecule has 1 aromatic heterocycles. The molecule has 1 aromatic carbocycles. The number of benzene rings is 1. The maximum atomic E-state index is 12.3. The fourth-order valence-corrected chi connectivity index (χ4v) is 3.87. The minimum absolute atomic E-state index is 0.239. The fourth-order valence-electron chi connectivity index (χ4n) is 1.63. The summed E-state index contributed by atoms with van der Waals surface area (Å²) in [6, 6.07) is 5.17. The van der Waals surface area contributed by atoms with Crippen molar-refractivity contribution in [3.05, 3.63) is 40.4 Å². The quantitative estimate of drug-likeness (QED) is 0.904. The van der Waals surface area contributed by atoms with Crippen molar-refractivity contribution in [1.82, 2.24) is 4.98 Å². The molecule has 0 aliphatic rings.